The Labute approximate surface area is 70.0 Å². The van der Waals surface area contributed by atoms with E-state index < -0.39 is 0 Å². The first-order valence-corrected chi connectivity index (χ1v) is 0. The van der Waals surface area contributed by atoms with Crippen LogP contribution in [-0.4, -0.2) is 5.48 Å². The van der Waals surface area contributed by atoms with Crippen LogP contribution in [0, 0.1) is 0 Å². The summed E-state index contributed by atoms with van der Waals surface area (Å²) in [5.74, 6) is 0. The van der Waals surface area contributed by atoms with Crippen LogP contribution in [0.3, 0.4) is 0 Å². The SMILES string of the molecule is F.F.O.[F-].[K+]. The molecule has 5 heavy (non-hydrogen) atoms. The van der Waals surface area contributed by atoms with Crippen molar-refractivity contribution in [2.24, 2.45) is 0 Å². The van der Waals surface area contributed by atoms with E-state index in [-0.39, 0.29) is 71.0 Å². The van der Waals surface area contributed by atoms with E-state index in [9.17, 15) is 0 Å². The van der Waals surface area contributed by atoms with Crippen molar-refractivity contribution in [1.82, 2.24) is 0 Å². The molecule has 0 aliphatic rings. The molecule has 0 atom stereocenters. The van der Waals surface area contributed by atoms with Crippen molar-refractivity contribution in [3.05, 3.63) is 0 Å². The van der Waals surface area contributed by atoms with Crippen molar-refractivity contribution in [2.75, 3.05) is 0 Å². The van der Waals surface area contributed by atoms with Gasteiger partial charge in [-0.2, -0.15) is 0 Å². The van der Waals surface area contributed by atoms with Gasteiger partial charge in [0.2, 0.25) is 0 Å². The third-order valence-electron chi connectivity index (χ3n) is 0. The fourth-order valence-electron chi connectivity index (χ4n) is 0. The summed E-state index contributed by atoms with van der Waals surface area (Å²) in [6.07, 6.45) is 0. The maximum Gasteiger partial charge on any atom is 1.00 e. The molecule has 0 aromatic rings. The molecular formula is H4F3KO. The van der Waals surface area contributed by atoms with Crippen molar-refractivity contribution in [2.45, 2.75) is 0 Å². The average Bonchev–Trinajstić information content (AvgIpc) is 0. The van der Waals surface area contributed by atoms with Crippen molar-refractivity contribution < 1.29 is 71.0 Å². The molecule has 0 aromatic heterocycles. The largest absolute Gasteiger partial charge is 1.00 e. The predicted octanol–water partition coefficient (Wildman–Crippen LogP) is -6.51. The minimum atomic E-state index is 0. The maximum absolute atomic E-state index is 0. The van der Waals surface area contributed by atoms with Crippen LogP contribution in [0.1, 0.15) is 0 Å². The molecule has 0 heterocycles. The van der Waals surface area contributed by atoms with Crippen LogP contribution in [0.2, 0.25) is 0 Å². The van der Waals surface area contributed by atoms with E-state index in [1.54, 1.807) is 0 Å². The van der Waals surface area contributed by atoms with Crippen LogP contribution in [0.4, 0.5) is 9.41 Å². The standard InChI is InChI=1S/3FH.K.H2O/h3*1H;;1H2/q;;;+1;/p-1. The molecule has 0 saturated heterocycles. The van der Waals surface area contributed by atoms with Crippen LogP contribution in [-0.2, 0) is 0 Å². The topological polar surface area (TPSA) is 31.5 Å². The van der Waals surface area contributed by atoms with Gasteiger partial charge in [0, 0.05) is 0 Å². The predicted molar refractivity (Wildman–Crippen MR) is 8.62 cm³/mol. The van der Waals surface area contributed by atoms with Crippen LogP contribution < -0.4 is 56.1 Å². The molecule has 1 nitrogen and oxygen atoms in total. The molecule has 0 spiro atoms. The second kappa shape index (κ2) is 53.9. The molecule has 0 radical (unpaired) electrons. The first kappa shape index (κ1) is 96.4. The maximum atomic E-state index is 0. The summed E-state index contributed by atoms with van der Waals surface area (Å²) in [6.45, 7) is 0. The zero-order valence-electron chi connectivity index (χ0n) is 2.69. The van der Waals surface area contributed by atoms with Gasteiger partial charge in [-0.3, -0.25) is 9.41 Å². The van der Waals surface area contributed by atoms with Gasteiger partial charge in [0.25, 0.3) is 0 Å². The van der Waals surface area contributed by atoms with Gasteiger partial charge < -0.3 is 10.2 Å². The normalized spacial score (nSPS) is 0. The Morgan fingerprint density at radius 3 is 0.800 bits per heavy atom. The summed E-state index contributed by atoms with van der Waals surface area (Å²) >= 11 is 0. The number of halogens is 3. The summed E-state index contributed by atoms with van der Waals surface area (Å²) in [5, 5.41) is 0. The van der Waals surface area contributed by atoms with E-state index in [0.29, 0.717) is 0 Å². The third kappa shape index (κ3) is 32.1. The van der Waals surface area contributed by atoms with Crippen molar-refractivity contribution >= 4 is 0 Å². The Morgan fingerprint density at radius 2 is 0.800 bits per heavy atom. The second-order valence-corrected chi connectivity index (χ2v) is 0. The Hall–Kier alpha value is 1.39. The molecule has 0 aliphatic heterocycles. The molecule has 0 fully saturated rings. The van der Waals surface area contributed by atoms with Crippen LogP contribution >= 0.6 is 0 Å². The smallest absolute Gasteiger partial charge is 1.00 e. The molecular weight excluding hydrogens is 112 g/mol. The van der Waals surface area contributed by atoms with Crippen molar-refractivity contribution in [3.63, 3.8) is 0 Å². The van der Waals surface area contributed by atoms with Gasteiger partial charge in [-0.1, -0.05) is 0 Å². The Balaban J connectivity index is 0. The number of hydrogen-bond donors (Lipinski definition) is 0. The molecule has 0 bridgehead atoms. The molecule has 0 aromatic carbocycles. The molecule has 0 amide bonds. The molecule has 0 aliphatic carbocycles. The minimum Gasteiger partial charge on any atom is -1.00 e. The van der Waals surface area contributed by atoms with E-state index in [1.807, 2.05) is 0 Å². The first-order valence-electron chi connectivity index (χ1n) is 0. The van der Waals surface area contributed by atoms with Crippen molar-refractivity contribution in [3.8, 4) is 0 Å². The Morgan fingerprint density at radius 1 is 0.800 bits per heavy atom. The average molecular weight is 116 g/mol. The minimum absolute atomic E-state index is 0. The molecule has 0 unspecified atom stereocenters. The third-order valence-corrected chi connectivity index (χ3v) is 0. The van der Waals surface area contributed by atoms with Gasteiger partial charge >= 0.3 is 51.4 Å². The van der Waals surface area contributed by atoms with E-state index in [2.05, 4.69) is 0 Å². The van der Waals surface area contributed by atoms with Crippen molar-refractivity contribution in [1.29, 1.82) is 0 Å². The molecule has 0 saturated carbocycles. The van der Waals surface area contributed by atoms with Crippen LogP contribution in [0.5, 0.6) is 0 Å². The quantitative estimate of drug-likeness (QED) is 0.282. The Bertz CT molecular complexity index is 6.85. The summed E-state index contributed by atoms with van der Waals surface area (Å²) in [6, 6.07) is 0. The monoisotopic (exact) mass is 116 g/mol. The van der Waals surface area contributed by atoms with E-state index in [4.69, 9.17) is 0 Å². The summed E-state index contributed by atoms with van der Waals surface area (Å²) in [7, 11) is 0. The molecule has 0 rings (SSSR count). The zero-order chi connectivity index (χ0) is 0. The Kier molecular flexibility index (Phi) is 1040. The number of rotatable bonds is 0. The first-order chi connectivity index (χ1) is 0. The molecule has 2 N–H and O–H groups in total. The van der Waals surface area contributed by atoms with Gasteiger partial charge in [0.1, 0.15) is 0 Å². The molecule has 5 heteroatoms. The van der Waals surface area contributed by atoms with Gasteiger partial charge in [0.15, 0.2) is 0 Å². The van der Waals surface area contributed by atoms with Crippen LogP contribution in [0.25, 0.3) is 0 Å². The fraction of sp³-hybridized carbons (Fsp3) is 0. The van der Waals surface area contributed by atoms with Gasteiger partial charge in [-0.15, -0.1) is 0 Å². The summed E-state index contributed by atoms with van der Waals surface area (Å²) < 4.78 is 0. The van der Waals surface area contributed by atoms with Gasteiger partial charge in [-0.25, -0.2) is 0 Å². The second-order valence-electron chi connectivity index (χ2n) is 0. The van der Waals surface area contributed by atoms with Crippen LogP contribution in [0.15, 0.2) is 0 Å². The zero-order valence-corrected chi connectivity index (χ0v) is 5.82. The van der Waals surface area contributed by atoms with Gasteiger partial charge in [0.05, 0.1) is 0 Å². The summed E-state index contributed by atoms with van der Waals surface area (Å²) in [5.41, 5.74) is 0. The van der Waals surface area contributed by atoms with E-state index in [1.165, 1.54) is 0 Å². The van der Waals surface area contributed by atoms with E-state index in [0.717, 1.165) is 0 Å². The number of hydrogen-bond acceptors (Lipinski definition) is 0. The van der Waals surface area contributed by atoms with Gasteiger partial charge in [-0.05, 0) is 0 Å². The van der Waals surface area contributed by atoms with E-state index >= 15 is 0 Å². The summed E-state index contributed by atoms with van der Waals surface area (Å²) in [4.78, 5) is 0. The molecule has 32 valence electrons. The fourth-order valence-corrected chi connectivity index (χ4v) is 0.